The van der Waals surface area contributed by atoms with E-state index < -0.39 is 23.7 Å². The van der Waals surface area contributed by atoms with Gasteiger partial charge in [0, 0.05) is 19.2 Å². The van der Waals surface area contributed by atoms with Crippen LogP contribution in [0.5, 0.6) is 0 Å². The van der Waals surface area contributed by atoms with E-state index in [1.807, 2.05) is 22.8 Å². The van der Waals surface area contributed by atoms with Crippen LogP contribution in [0.3, 0.4) is 0 Å². The molecule has 7 heteroatoms. The number of aliphatic carboxylic acids is 1. The van der Waals surface area contributed by atoms with E-state index in [0.29, 0.717) is 5.69 Å². The number of nitrogens with one attached hydrogen (secondary N) is 1. The lowest BCUT2D eigenvalue weighted by Gasteiger charge is -2.21. The summed E-state index contributed by atoms with van der Waals surface area (Å²) in [7, 11) is 0. The second-order valence-corrected chi connectivity index (χ2v) is 7.08. The fraction of sp³-hybridized carbons (Fsp3) is 0.421. The highest BCUT2D eigenvalue weighted by Gasteiger charge is 2.24. The van der Waals surface area contributed by atoms with Gasteiger partial charge in [0.1, 0.15) is 11.6 Å². The van der Waals surface area contributed by atoms with Crippen LogP contribution in [0, 0.1) is 0 Å². The monoisotopic (exact) mass is 359 g/mol. The summed E-state index contributed by atoms with van der Waals surface area (Å²) in [6, 6.07) is 8.99. The zero-order valence-corrected chi connectivity index (χ0v) is 15.3. The molecule has 2 aromatic rings. The first-order valence-electron chi connectivity index (χ1n) is 8.50. The molecule has 1 aromatic carbocycles. The molecule has 1 amide bonds. The molecule has 0 radical (unpaired) electrons. The summed E-state index contributed by atoms with van der Waals surface area (Å²) in [6.07, 6.45) is 3.66. The van der Waals surface area contributed by atoms with E-state index in [1.165, 1.54) is 5.56 Å². The summed E-state index contributed by atoms with van der Waals surface area (Å²) >= 11 is 0. The molecule has 0 aliphatic heterocycles. The molecule has 0 saturated carbocycles. The van der Waals surface area contributed by atoms with Crippen LogP contribution in [-0.2, 0) is 28.9 Å². The zero-order chi connectivity index (χ0) is 19.2. The van der Waals surface area contributed by atoms with Crippen molar-refractivity contribution >= 4 is 12.1 Å². The molecule has 2 N–H and O–H groups in total. The highest BCUT2D eigenvalue weighted by atomic mass is 16.6. The molecule has 0 fully saturated rings. The lowest BCUT2D eigenvalue weighted by atomic mass is 10.1. The number of alkyl carbamates (subject to hydrolysis) is 1. The van der Waals surface area contributed by atoms with Crippen LogP contribution in [-0.4, -0.2) is 38.4 Å². The third-order valence-electron chi connectivity index (χ3n) is 3.59. The number of hydrogen-bond acceptors (Lipinski definition) is 4. The summed E-state index contributed by atoms with van der Waals surface area (Å²) < 4.78 is 7.02. The first-order valence-corrected chi connectivity index (χ1v) is 8.50. The van der Waals surface area contributed by atoms with E-state index in [4.69, 9.17) is 4.74 Å². The molecular formula is C19H25N3O4. The van der Waals surface area contributed by atoms with Gasteiger partial charge in [-0.05, 0) is 32.8 Å². The molecule has 2 rings (SSSR count). The number of rotatable bonds is 7. The number of hydrogen-bond donors (Lipinski definition) is 2. The van der Waals surface area contributed by atoms with Crippen LogP contribution in [0.25, 0.3) is 0 Å². The molecule has 1 atom stereocenters. The maximum Gasteiger partial charge on any atom is 0.408 e. The average molecular weight is 359 g/mol. The Balaban J connectivity index is 1.92. The Kier molecular flexibility index (Phi) is 6.38. The van der Waals surface area contributed by atoms with Crippen molar-refractivity contribution in [2.45, 2.75) is 51.8 Å². The predicted molar refractivity (Wildman–Crippen MR) is 96.9 cm³/mol. The van der Waals surface area contributed by atoms with Gasteiger partial charge in [-0.15, -0.1) is 0 Å². The number of carboxylic acids is 1. The molecule has 7 nitrogen and oxygen atoms in total. The van der Waals surface area contributed by atoms with Crippen LogP contribution in [0.15, 0.2) is 42.9 Å². The number of aryl methyl sites for hydroxylation is 2. The second-order valence-electron chi connectivity index (χ2n) is 7.08. The number of carbonyl (C=O) groups excluding carboxylic acids is 1. The van der Waals surface area contributed by atoms with Crippen LogP contribution in [0.4, 0.5) is 4.79 Å². The lowest BCUT2D eigenvalue weighted by molar-refractivity contribution is -0.139. The Morgan fingerprint density at radius 1 is 1.27 bits per heavy atom. The van der Waals surface area contributed by atoms with Crippen LogP contribution in [0.2, 0.25) is 0 Å². The lowest BCUT2D eigenvalue weighted by Crippen LogP contribution is -2.44. The highest BCUT2D eigenvalue weighted by Crippen LogP contribution is 2.09. The fourth-order valence-electron chi connectivity index (χ4n) is 2.40. The standard InChI is InChI=1S/C19H25N3O4/c1-19(2,3)26-18(25)21-16(17(23)24)11-15-12-22(13-20-15)10-9-14-7-5-4-6-8-14/h4-8,12-13,16H,9-11H2,1-3H3,(H,21,25)(H,23,24)/t16-/m0/s1. The fourth-order valence-corrected chi connectivity index (χ4v) is 2.40. The van der Waals surface area contributed by atoms with Gasteiger partial charge in [-0.25, -0.2) is 14.6 Å². The maximum atomic E-state index is 11.8. The first-order chi connectivity index (χ1) is 12.2. The van der Waals surface area contributed by atoms with Crippen molar-refractivity contribution in [1.29, 1.82) is 0 Å². The molecule has 1 aromatic heterocycles. The van der Waals surface area contributed by atoms with Gasteiger partial charge in [0.15, 0.2) is 0 Å². The number of carbonyl (C=O) groups is 2. The molecule has 0 aliphatic carbocycles. The van der Waals surface area contributed by atoms with Crippen molar-refractivity contribution in [2.75, 3.05) is 0 Å². The summed E-state index contributed by atoms with van der Waals surface area (Å²) in [4.78, 5) is 27.5. The number of ether oxygens (including phenoxy) is 1. The Morgan fingerprint density at radius 3 is 2.58 bits per heavy atom. The molecule has 0 saturated heterocycles. The number of amides is 1. The third-order valence-corrected chi connectivity index (χ3v) is 3.59. The molecule has 1 heterocycles. The van der Waals surface area contributed by atoms with Crippen molar-refractivity contribution in [3.63, 3.8) is 0 Å². The first kappa shape index (κ1) is 19.5. The normalized spacial score (nSPS) is 12.4. The van der Waals surface area contributed by atoms with Crippen LogP contribution < -0.4 is 5.32 Å². The second kappa shape index (κ2) is 8.51. The van der Waals surface area contributed by atoms with Crippen molar-refractivity contribution in [3.05, 3.63) is 54.1 Å². The Bertz CT molecular complexity index is 735. The van der Waals surface area contributed by atoms with Gasteiger partial charge in [0.25, 0.3) is 0 Å². The van der Waals surface area contributed by atoms with E-state index in [9.17, 15) is 14.7 Å². The molecule has 0 bridgehead atoms. The Hall–Kier alpha value is -2.83. The minimum atomic E-state index is -1.13. The Morgan fingerprint density at radius 2 is 1.96 bits per heavy atom. The number of aromatic nitrogens is 2. The van der Waals surface area contributed by atoms with Gasteiger partial charge in [-0.1, -0.05) is 30.3 Å². The van der Waals surface area contributed by atoms with E-state index in [1.54, 1.807) is 33.3 Å². The molecule has 26 heavy (non-hydrogen) atoms. The minimum absolute atomic E-state index is 0.0902. The van der Waals surface area contributed by atoms with E-state index in [0.717, 1.165) is 13.0 Å². The molecule has 0 spiro atoms. The van der Waals surface area contributed by atoms with Gasteiger partial charge in [0.2, 0.25) is 0 Å². The zero-order valence-electron chi connectivity index (χ0n) is 15.3. The van der Waals surface area contributed by atoms with Gasteiger partial charge in [-0.3, -0.25) is 0 Å². The smallest absolute Gasteiger partial charge is 0.408 e. The summed E-state index contributed by atoms with van der Waals surface area (Å²) in [5.74, 6) is -1.13. The van der Waals surface area contributed by atoms with Gasteiger partial charge in [0.05, 0.1) is 12.0 Å². The van der Waals surface area contributed by atoms with Crippen molar-refractivity contribution < 1.29 is 19.4 Å². The predicted octanol–water partition coefficient (Wildman–Crippen LogP) is 2.65. The van der Waals surface area contributed by atoms with Crippen molar-refractivity contribution in [1.82, 2.24) is 14.9 Å². The van der Waals surface area contributed by atoms with E-state index in [2.05, 4.69) is 22.4 Å². The molecular weight excluding hydrogens is 334 g/mol. The third kappa shape index (κ3) is 6.58. The highest BCUT2D eigenvalue weighted by molar-refractivity contribution is 5.80. The van der Waals surface area contributed by atoms with Crippen LogP contribution in [0.1, 0.15) is 32.0 Å². The van der Waals surface area contributed by atoms with Gasteiger partial charge >= 0.3 is 12.1 Å². The average Bonchev–Trinajstić information content (AvgIpc) is 2.99. The SMILES string of the molecule is CC(C)(C)OC(=O)N[C@@H](Cc1cn(CCc2ccccc2)cn1)C(=O)O. The largest absolute Gasteiger partial charge is 0.480 e. The van der Waals surface area contributed by atoms with E-state index >= 15 is 0 Å². The molecule has 140 valence electrons. The van der Waals surface area contributed by atoms with Crippen LogP contribution >= 0.6 is 0 Å². The van der Waals surface area contributed by atoms with Crippen molar-refractivity contribution in [2.24, 2.45) is 0 Å². The number of carboxylic acid groups (broad SMARTS) is 1. The minimum Gasteiger partial charge on any atom is -0.480 e. The van der Waals surface area contributed by atoms with Gasteiger partial charge in [-0.2, -0.15) is 0 Å². The maximum absolute atomic E-state index is 11.8. The summed E-state index contributed by atoms with van der Waals surface area (Å²) in [5, 5.41) is 11.7. The van der Waals surface area contributed by atoms with E-state index in [-0.39, 0.29) is 6.42 Å². The number of nitrogens with zero attached hydrogens (tertiary/aromatic N) is 2. The topological polar surface area (TPSA) is 93.5 Å². The van der Waals surface area contributed by atoms with Gasteiger partial charge < -0.3 is 19.7 Å². The Labute approximate surface area is 153 Å². The molecule has 0 unspecified atom stereocenters. The van der Waals surface area contributed by atoms with Crippen molar-refractivity contribution in [3.8, 4) is 0 Å². The number of imidazole rings is 1. The molecule has 0 aliphatic rings. The summed E-state index contributed by atoms with van der Waals surface area (Å²) in [6.45, 7) is 5.90. The quantitative estimate of drug-likeness (QED) is 0.793. The summed E-state index contributed by atoms with van der Waals surface area (Å²) in [5.41, 5.74) is 1.13. The number of benzene rings is 1.